The van der Waals surface area contributed by atoms with Crippen molar-refractivity contribution in [2.45, 2.75) is 18.6 Å². The second-order valence-electron chi connectivity index (χ2n) is 3.47. The molecule has 1 unspecified atom stereocenters. The summed E-state index contributed by atoms with van der Waals surface area (Å²) < 4.78 is 37.5. The molecule has 3 nitrogen and oxygen atoms in total. The Kier molecular flexibility index (Phi) is 3.01. The molecule has 6 heteroatoms. The summed E-state index contributed by atoms with van der Waals surface area (Å²) in [5.74, 6) is 0. The Morgan fingerprint density at radius 1 is 1.47 bits per heavy atom. The van der Waals surface area contributed by atoms with Crippen LogP contribution in [0.4, 0.5) is 13.2 Å². The van der Waals surface area contributed by atoms with Gasteiger partial charge in [0.15, 0.2) is 0 Å². The van der Waals surface area contributed by atoms with E-state index in [9.17, 15) is 13.2 Å². The van der Waals surface area contributed by atoms with Crippen LogP contribution in [0.5, 0.6) is 0 Å². The average Bonchev–Trinajstić information content (AvgIpc) is 2.16. The van der Waals surface area contributed by atoms with Gasteiger partial charge in [-0.25, -0.2) is 0 Å². The largest absolute Gasteiger partial charge is 0.433 e. The third-order valence-electron chi connectivity index (χ3n) is 2.02. The zero-order valence-electron chi connectivity index (χ0n) is 8.04. The molecule has 0 fully saturated rings. The molecule has 0 aliphatic carbocycles. The maximum atomic E-state index is 12.5. The average molecular weight is 220 g/mol. The van der Waals surface area contributed by atoms with Crippen LogP contribution in [0, 0.1) is 0 Å². The number of halogens is 3. The van der Waals surface area contributed by atoms with E-state index in [1.807, 2.05) is 0 Å². The number of pyridine rings is 1. The minimum absolute atomic E-state index is 0.208. The van der Waals surface area contributed by atoms with E-state index in [4.69, 9.17) is 10.8 Å². The van der Waals surface area contributed by atoms with Crippen molar-refractivity contribution in [3.05, 3.63) is 29.6 Å². The molecule has 3 N–H and O–H groups in total. The molecule has 84 valence electrons. The number of nitrogens with zero attached hydrogens (tertiary/aromatic N) is 1. The third kappa shape index (κ3) is 2.45. The first-order valence-electron chi connectivity index (χ1n) is 4.21. The zero-order valence-corrected chi connectivity index (χ0v) is 8.04. The van der Waals surface area contributed by atoms with Gasteiger partial charge in [-0.1, -0.05) is 6.07 Å². The molecule has 1 atom stereocenters. The van der Waals surface area contributed by atoms with Crippen molar-refractivity contribution in [3.8, 4) is 0 Å². The van der Waals surface area contributed by atoms with Gasteiger partial charge >= 0.3 is 6.18 Å². The predicted octanol–water partition coefficient (Wildman–Crippen LogP) is 1.27. The molecule has 0 aliphatic heterocycles. The van der Waals surface area contributed by atoms with Gasteiger partial charge in [-0.05, 0) is 13.0 Å². The Labute approximate surface area is 84.7 Å². The summed E-state index contributed by atoms with van der Waals surface area (Å²) in [7, 11) is 0. The molecular formula is C9H11F3N2O. The number of alkyl halides is 3. The van der Waals surface area contributed by atoms with Crippen LogP contribution in [0.25, 0.3) is 0 Å². The van der Waals surface area contributed by atoms with E-state index in [0.717, 1.165) is 6.20 Å². The summed E-state index contributed by atoms with van der Waals surface area (Å²) in [5.41, 5.74) is 2.84. The topological polar surface area (TPSA) is 59.1 Å². The number of rotatable bonds is 2. The minimum Gasteiger partial charge on any atom is -0.394 e. The normalized spacial score (nSPS) is 16.1. The summed E-state index contributed by atoms with van der Waals surface area (Å²) in [6, 6.07) is 2.57. The van der Waals surface area contributed by atoms with Gasteiger partial charge < -0.3 is 10.8 Å². The van der Waals surface area contributed by atoms with E-state index in [2.05, 4.69) is 4.98 Å². The van der Waals surface area contributed by atoms with Crippen molar-refractivity contribution < 1.29 is 18.3 Å². The van der Waals surface area contributed by atoms with Crippen LogP contribution in [0.15, 0.2) is 18.3 Å². The van der Waals surface area contributed by atoms with Crippen molar-refractivity contribution in [2.75, 3.05) is 6.61 Å². The van der Waals surface area contributed by atoms with Crippen LogP contribution >= 0.6 is 0 Å². The molecule has 1 rings (SSSR count). The standard InChI is InChI=1S/C9H11F3N2O/c1-8(13,5-15)6-3-2-4-14-7(6)9(10,11)12/h2-4,15H,5,13H2,1H3. The molecular weight excluding hydrogens is 209 g/mol. The Bertz CT molecular complexity index is 349. The van der Waals surface area contributed by atoms with Crippen LogP contribution in [0.3, 0.4) is 0 Å². The highest BCUT2D eigenvalue weighted by Gasteiger charge is 2.39. The molecule has 0 bridgehead atoms. The zero-order chi connectivity index (χ0) is 11.7. The van der Waals surface area contributed by atoms with E-state index in [1.165, 1.54) is 19.1 Å². The number of aromatic nitrogens is 1. The second kappa shape index (κ2) is 3.79. The number of hydrogen-bond acceptors (Lipinski definition) is 3. The SMILES string of the molecule is CC(N)(CO)c1cccnc1C(F)(F)F. The molecule has 15 heavy (non-hydrogen) atoms. The quantitative estimate of drug-likeness (QED) is 0.789. The van der Waals surface area contributed by atoms with Gasteiger partial charge in [0, 0.05) is 11.8 Å². The lowest BCUT2D eigenvalue weighted by Crippen LogP contribution is -2.39. The van der Waals surface area contributed by atoms with Gasteiger partial charge in [0.2, 0.25) is 0 Å². The maximum absolute atomic E-state index is 12.5. The Morgan fingerprint density at radius 3 is 2.53 bits per heavy atom. The summed E-state index contributed by atoms with van der Waals surface area (Å²) in [4.78, 5) is 3.25. The summed E-state index contributed by atoms with van der Waals surface area (Å²) >= 11 is 0. The van der Waals surface area contributed by atoms with E-state index in [0.29, 0.717) is 0 Å². The highest BCUT2D eigenvalue weighted by molar-refractivity contribution is 5.29. The summed E-state index contributed by atoms with van der Waals surface area (Å²) in [5, 5.41) is 8.92. The highest BCUT2D eigenvalue weighted by Crippen LogP contribution is 2.33. The van der Waals surface area contributed by atoms with Crippen LogP contribution in [0.1, 0.15) is 18.2 Å². The smallest absolute Gasteiger partial charge is 0.394 e. The first kappa shape index (κ1) is 11.9. The lowest BCUT2D eigenvalue weighted by atomic mass is 9.92. The molecule has 0 saturated heterocycles. The van der Waals surface area contributed by atoms with E-state index in [-0.39, 0.29) is 5.56 Å². The van der Waals surface area contributed by atoms with Gasteiger partial charge in [-0.3, -0.25) is 4.98 Å². The third-order valence-corrected chi connectivity index (χ3v) is 2.02. The maximum Gasteiger partial charge on any atom is 0.433 e. The molecule has 0 amide bonds. The Morgan fingerprint density at radius 2 is 2.07 bits per heavy atom. The van der Waals surface area contributed by atoms with Crippen LogP contribution in [-0.4, -0.2) is 16.7 Å². The number of aliphatic hydroxyl groups excluding tert-OH is 1. The van der Waals surface area contributed by atoms with Crippen LogP contribution < -0.4 is 5.73 Å². The number of hydrogen-bond donors (Lipinski definition) is 2. The fraction of sp³-hybridized carbons (Fsp3) is 0.444. The van der Waals surface area contributed by atoms with Crippen LogP contribution in [0.2, 0.25) is 0 Å². The second-order valence-corrected chi connectivity index (χ2v) is 3.47. The van der Waals surface area contributed by atoms with E-state index >= 15 is 0 Å². The van der Waals surface area contributed by atoms with Gasteiger partial charge in [0.25, 0.3) is 0 Å². The van der Waals surface area contributed by atoms with Crippen molar-refractivity contribution in [1.29, 1.82) is 0 Å². The van der Waals surface area contributed by atoms with Gasteiger partial charge in [0.1, 0.15) is 5.69 Å². The molecule has 0 spiro atoms. The predicted molar refractivity (Wildman–Crippen MR) is 47.9 cm³/mol. The van der Waals surface area contributed by atoms with Crippen molar-refractivity contribution in [1.82, 2.24) is 4.98 Å². The molecule has 0 saturated carbocycles. The molecule has 1 aromatic heterocycles. The van der Waals surface area contributed by atoms with Crippen LogP contribution in [-0.2, 0) is 11.7 Å². The summed E-state index contributed by atoms with van der Waals surface area (Å²) in [6.07, 6.45) is -3.52. The molecule has 1 aromatic rings. The molecule has 0 aromatic carbocycles. The minimum atomic E-state index is -4.56. The lowest BCUT2D eigenvalue weighted by Gasteiger charge is -2.25. The number of nitrogens with two attached hydrogens (primary N) is 1. The first-order valence-corrected chi connectivity index (χ1v) is 4.21. The highest BCUT2D eigenvalue weighted by atomic mass is 19.4. The monoisotopic (exact) mass is 220 g/mol. The molecule has 0 radical (unpaired) electrons. The van der Waals surface area contributed by atoms with Crippen molar-refractivity contribution >= 4 is 0 Å². The van der Waals surface area contributed by atoms with E-state index in [1.54, 1.807) is 0 Å². The van der Waals surface area contributed by atoms with Gasteiger partial charge in [0.05, 0.1) is 12.1 Å². The number of aliphatic hydroxyl groups is 1. The van der Waals surface area contributed by atoms with Crippen molar-refractivity contribution in [3.63, 3.8) is 0 Å². The van der Waals surface area contributed by atoms with Crippen molar-refractivity contribution in [2.24, 2.45) is 5.73 Å². The summed E-state index contributed by atoms with van der Waals surface area (Å²) in [6.45, 7) is 0.737. The Balaban J connectivity index is 3.31. The molecule has 1 heterocycles. The fourth-order valence-corrected chi connectivity index (χ4v) is 1.18. The molecule has 0 aliphatic rings. The van der Waals surface area contributed by atoms with E-state index < -0.39 is 24.0 Å². The lowest BCUT2D eigenvalue weighted by molar-refractivity contribution is -0.142. The fourth-order valence-electron chi connectivity index (χ4n) is 1.18. The Hall–Kier alpha value is -1.14. The van der Waals surface area contributed by atoms with Gasteiger partial charge in [-0.15, -0.1) is 0 Å². The first-order chi connectivity index (χ1) is 6.79. The van der Waals surface area contributed by atoms with Gasteiger partial charge in [-0.2, -0.15) is 13.2 Å².